The van der Waals surface area contributed by atoms with Crippen molar-refractivity contribution in [3.05, 3.63) is 99.2 Å². The Morgan fingerprint density at radius 3 is 0.842 bits per heavy atom. The Hall–Kier alpha value is -5.40. The van der Waals surface area contributed by atoms with Gasteiger partial charge in [0.25, 0.3) is 0 Å². The first-order valence-corrected chi connectivity index (χ1v) is 42.2. The van der Waals surface area contributed by atoms with Crippen LogP contribution in [0.3, 0.4) is 0 Å². The summed E-state index contributed by atoms with van der Waals surface area (Å²) >= 11 is 6.78. The summed E-state index contributed by atoms with van der Waals surface area (Å²) in [6.45, 7) is 70.4. The molecule has 8 aliphatic rings. The van der Waals surface area contributed by atoms with Gasteiger partial charge < -0.3 is 94.7 Å². The van der Waals surface area contributed by atoms with Gasteiger partial charge in [-0.2, -0.15) is 23.5 Å². The van der Waals surface area contributed by atoms with Crippen LogP contribution in [-0.4, -0.2) is 242 Å². The predicted octanol–water partition coefficient (Wildman–Crippen LogP) is 13.7. The standard InChI is InChI=1S/C11H18O4.2C11H18O3S.2C10H16O4.2C10H16O3S.C9H14O4/c1-8(2)10(12)15-11(4)9(3)13-6-5-7-14-11;1-8(2)10(12)14-11(4)9(3)15-7-5-6-13-11;1-8(2)10(12)14-11(4)9(3)13-6-5-7-15-11;1-7(2)9(11)14-10(4)8(3)12-5-6-13-10;1-4-9(11)14-10(3)8(2)12-6-5-7-13-10;1-4-9(11)13-10(3)8(2)14-7-5-6-12-10;1-4-9(11)13-10(3)8(2)12-6-5-7-14-10;1-4-8(10)13-9(3)7(2)11-5-6-12-9/h3*9H,1,5-7H2,2-4H3;8H,1,5-6H2,2-4H3;3*4,8H,1,5-7H2,2-3H3;4,7H,1,5-6H2,2-3H3. The Morgan fingerprint density at radius 2 is 0.518 bits per heavy atom. The van der Waals surface area contributed by atoms with E-state index in [1.807, 2.05) is 69.2 Å². The van der Waals surface area contributed by atoms with E-state index in [1.165, 1.54) is 6.08 Å². The van der Waals surface area contributed by atoms with Crippen molar-refractivity contribution in [1.29, 1.82) is 0 Å². The number of rotatable bonds is 16. The smallest absolute Gasteiger partial charge is 0.335 e. The lowest BCUT2D eigenvalue weighted by atomic mass is 10.1. The lowest BCUT2D eigenvalue weighted by molar-refractivity contribution is -0.296. The molecule has 0 spiro atoms. The maximum atomic E-state index is 11.5. The van der Waals surface area contributed by atoms with Gasteiger partial charge in [-0.15, -0.1) is 23.5 Å². The van der Waals surface area contributed by atoms with Gasteiger partial charge in [0, 0.05) is 115 Å². The zero-order valence-electron chi connectivity index (χ0n) is 71.2. The molecular weight excluding hydrogens is 1560 g/mol. The van der Waals surface area contributed by atoms with Crippen LogP contribution in [0, 0.1) is 0 Å². The second kappa shape index (κ2) is 52.5. The molecular formula is C82H132O28S4. The molecule has 8 saturated heterocycles. The van der Waals surface area contributed by atoms with Crippen molar-refractivity contribution in [2.24, 2.45) is 0 Å². The number of esters is 8. The van der Waals surface area contributed by atoms with Crippen LogP contribution < -0.4 is 0 Å². The molecule has 28 nitrogen and oxygen atoms in total. The normalized spacial score (nSPS) is 32.6. The summed E-state index contributed by atoms with van der Waals surface area (Å²) in [6.07, 6.45) is 8.93. The molecule has 32 heteroatoms. The fraction of sp³-hybridized carbons (Fsp3) is 0.707. The molecule has 0 saturated carbocycles. The first-order chi connectivity index (χ1) is 53.1. The van der Waals surface area contributed by atoms with E-state index in [4.69, 9.17) is 94.7 Å². The lowest BCUT2D eigenvalue weighted by Crippen LogP contribution is -2.50. The molecule has 0 N–H and O–H groups in total. The first kappa shape index (κ1) is 107. The number of hydrogen-bond acceptors (Lipinski definition) is 32. The molecule has 0 radical (unpaired) electrons. The predicted molar refractivity (Wildman–Crippen MR) is 441 cm³/mol. The molecule has 652 valence electrons. The van der Waals surface area contributed by atoms with E-state index in [9.17, 15) is 38.4 Å². The van der Waals surface area contributed by atoms with Crippen LogP contribution in [0.1, 0.15) is 177 Å². The monoisotopic (exact) mass is 1690 g/mol. The van der Waals surface area contributed by atoms with E-state index in [0.717, 1.165) is 93.0 Å². The Labute approximate surface area is 694 Å². The Kier molecular flexibility index (Phi) is 49.1. The minimum absolute atomic E-state index is 0.0844. The summed E-state index contributed by atoms with van der Waals surface area (Å²) in [5.41, 5.74) is 1.54. The molecule has 0 bridgehead atoms. The lowest BCUT2D eigenvalue weighted by Gasteiger charge is -2.38. The second-order valence-corrected chi connectivity index (χ2v) is 34.2. The third-order valence-corrected chi connectivity index (χ3v) is 24.2. The third-order valence-electron chi connectivity index (χ3n) is 18.3. The largest absolute Gasteiger partial charge is 0.442 e. The molecule has 0 aromatic carbocycles. The summed E-state index contributed by atoms with van der Waals surface area (Å²) in [5, 5.41) is 0.289. The molecule has 16 atom stereocenters. The highest BCUT2D eigenvalue weighted by Gasteiger charge is 2.45. The number of ether oxygens (including phenoxy) is 20. The van der Waals surface area contributed by atoms with Gasteiger partial charge in [0.1, 0.15) is 36.6 Å². The van der Waals surface area contributed by atoms with E-state index in [-0.39, 0.29) is 59.1 Å². The summed E-state index contributed by atoms with van der Waals surface area (Å²) in [7, 11) is 0. The van der Waals surface area contributed by atoms with Gasteiger partial charge in [-0.1, -0.05) is 52.6 Å². The Balaban J connectivity index is 0.000000652. The highest BCUT2D eigenvalue weighted by atomic mass is 32.2. The number of carbonyl (C=O) groups excluding carboxylic acids is 8. The molecule has 8 heterocycles. The van der Waals surface area contributed by atoms with Crippen molar-refractivity contribution < 1.29 is 133 Å². The van der Waals surface area contributed by atoms with Crippen LogP contribution in [-0.2, 0) is 133 Å². The minimum Gasteiger partial charge on any atom is -0.442 e. The zero-order chi connectivity index (χ0) is 86.9. The van der Waals surface area contributed by atoms with E-state index >= 15 is 0 Å². The quantitative estimate of drug-likeness (QED) is 0.0787. The molecule has 0 aromatic heterocycles. The molecule has 0 aliphatic carbocycles. The van der Waals surface area contributed by atoms with E-state index < -0.39 is 80.4 Å². The van der Waals surface area contributed by atoms with Gasteiger partial charge >= 0.3 is 47.8 Å². The number of carbonyl (C=O) groups is 8. The van der Waals surface area contributed by atoms with Crippen molar-refractivity contribution in [2.75, 3.05) is 102 Å². The summed E-state index contributed by atoms with van der Waals surface area (Å²) < 4.78 is 107. The topological polar surface area (TPSA) is 321 Å². The van der Waals surface area contributed by atoms with Gasteiger partial charge in [0.2, 0.25) is 34.7 Å². The van der Waals surface area contributed by atoms with Gasteiger partial charge in [-0.3, -0.25) is 0 Å². The van der Waals surface area contributed by atoms with Crippen LogP contribution in [0.4, 0.5) is 0 Å². The van der Waals surface area contributed by atoms with E-state index in [1.54, 1.807) is 116 Å². The van der Waals surface area contributed by atoms with Crippen molar-refractivity contribution in [3.8, 4) is 0 Å². The highest BCUT2D eigenvalue weighted by molar-refractivity contribution is 8.01. The SMILES string of the molecule is C=C(C)C(=O)OC1(C)OCCCOC1C.C=C(C)C(=O)OC1(C)OCCCSC1C.C=C(C)C(=O)OC1(C)OCCOC1C.C=C(C)C(=O)OC1(C)SCCCOC1C.C=CC(=O)OC1(C)OCCCOC1C.C=CC(=O)OC1(C)OCCCSC1C.C=CC(=O)OC1(C)OCCOC1C.C=CC(=O)OC1(C)SCCCOC1C. The van der Waals surface area contributed by atoms with Gasteiger partial charge in [-0.25, -0.2) is 38.4 Å². The minimum atomic E-state index is -1.01. The maximum absolute atomic E-state index is 11.5. The van der Waals surface area contributed by atoms with Crippen molar-refractivity contribution in [2.45, 2.75) is 269 Å². The van der Waals surface area contributed by atoms with E-state index in [2.05, 4.69) is 52.6 Å². The molecule has 114 heavy (non-hydrogen) atoms. The summed E-state index contributed by atoms with van der Waals surface area (Å²) in [6, 6.07) is 0. The molecule has 0 aromatic rings. The van der Waals surface area contributed by atoms with Crippen LogP contribution in [0.5, 0.6) is 0 Å². The van der Waals surface area contributed by atoms with Gasteiger partial charge in [0.05, 0.1) is 63.4 Å². The number of hydrogen-bond donors (Lipinski definition) is 0. The molecule has 0 amide bonds. The van der Waals surface area contributed by atoms with Gasteiger partial charge in [0.15, 0.2) is 9.87 Å². The summed E-state index contributed by atoms with van der Waals surface area (Å²) in [5.74, 6) is -5.08. The maximum Gasteiger partial charge on any atom is 0.335 e. The first-order valence-electron chi connectivity index (χ1n) is 38.2. The van der Waals surface area contributed by atoms with E-state index in [0.29, 0.717) is 88.4 Å². The van der Waals surface area contributed by atoms with Crippen molar-refractivity contribution >= 4 is 94.8 Å². The van der Waals surface area contributed by atoms with Crippen LogP contribution in [0.25, 0.3) is 0 Å². The molecule has 16 unspecified atom stereocenters. The van der Waals surface area contributed by atoms with Crippen molar-refractivity contribution in [3.63, 3.8) is 0 Å². The Bertz CT molecular complexity index is 2910. The summed E-state index contributed by atoms with van der Waals surface area (Å²) in [4.78, 5) is 88.8. The van der Waals surface area contributed by atoms with Crippen LogP contribution >= 0.6 is 47.0 Å². The zero-order valence-corrected chi connectivity index (χ0v) is 74.5. The molecule has 8 aliphatic heterocycles. The van der Waals surface area contributed by atoms with Gasteiger partial charge in [-0.05, 0) is 158 Å². The average molecular weight is 1690 g/mol. The number of thioether (sulfide) groups is 4. The fourth-order valence-electron chi connectivity index (χ4n) is 9.60. The van der Waals surface area contributed by atoms with Crippen LogP contribution in [0.2, 0.25) is 0 Å². The second-order valence-electron chi connectivity index (χ2n) is 28.3. The van der Waals surface area contributed by atoms with Crippen LogP contribution in [0.15, 0.2) is 99.2 Å². The molecule has 8 rings (SSSR count). The Morgan fingerprint density at radius 1 is 0.289 bits per heavy atom. The average Bonchev–Trinajstić information content (AvgIpc) is 1.56. The molecule has 8 fully saturated rings. The van der Waals surface area contributed by atoms with Crippen molar-refractivity contribution in [1.82, 2.24) is 0 Å². The highest BCUT2D eigenvalue weighted by Crippen LogP contribution is 2.38. The fourth-order valence-corrected chi connectivity index (χ4v) is 13.9. The third kappa shape index (κ3) is 38.1.